The van der Waals surface area contributed by atoms with Crippen LogP contribution in [0.4, 0.5) is 85.3 Å². The smallest absolute Gasteiger partial charge is 0.278 e. The molecule has 0 saturated carbocycles. The van der Waals surface area contributed by atoms with Crippen LogP contribution >= 0.6 is 0 Å². The summed E-state index contributed by atoms with van der Waals surface area (Å²) in [7, 11) is 0. The van der Waals surface area contributed by atoms with Crippen LogP contribution in [0.1, 0.15) is 33.4 Å². The Bertz CT molecular complexity index is 4130. The first-order valence-electron chi connectivity index (χ1n) is 24.0. The second-order valence-electron chi connectivity index (χ2n) is 17.9. The first-order chi connectivity index (χ1) is 40.5. The number of hydrogen-bond donors (Lipinski definition) is 4. The lowest BCUT2D eigenvalue weighted by Crippen LogP contribution is -1.99. The Labute approximate surface area is 472 Å². The zero-order chi connectivity index (χ0) is 61.2. The molecule has 0 spiro atoms. The van der Waals surface area contributed by atoms with Gasteiger partial charge in [0.2, 0.25) is 0 Å². The van der Waals surface area contributed by atoms with Crippen molar-refractivity contribution in [2.24, 2.45) is 40.9 Å². The molecule has 33 heteroatoms. The van der Waals surface area contributed by atoms with Crippen molar-refractivity contribution in [3.8, 4) is 23.0 Å². The Morgan fingerprint density at radius 1 is 0.271 bits per heavy atom. The van der Waals surface area contributed by atoms with Crippen LogP contribution in [0.25, 0.3) is 0 Å². The van der Waals surface area contributed by atoms with Crippen LogP contribution in [-0.4, -0.2) is 54.9 Å². The first kappa shape index (κ1) is 58.3. The SMILES string of the molecule is O=[N+]([O-])c1cccc(N=Nc2ccc(O)c(Cc3cc(N=Nc4cc([N+](=O)[O-])cc([N+](=O)[O-])c4)cc(CCc4cc(N=Nc5cc([N+](=O)[O-])cc([N+](=O)[O-])c5)cc(Cc5cc(N=Nc6cc([N+](=O)[O-])cc([N+](=O)[O-])c6)ccc5O)c4O)c3O)c2)c1. The van der Waals surface area contributed by atoms with Crippen LogP contribution in [0, 0.1) is 70.8 Å². The molecule has 8 aromatic rings. The Balaban J connectivity index is 1.20. The van der Waals surface area contributed by atoms with Crippen molar-refractivity contribution < 1.29 is 54.9 Å². The summed E-state index contributed by atoms with van der Waals surface area (Å²) in [6.45, 7) is 0. The highest BCUT2D eigenvalue weighted by Crippen LogP contribution is 2.40. The number of azo groups is 4. The third kappa shape index (κ3) is 14.7. The molecular weight excluding hydrogens is 1120 g/mol. The molecule has 426 valence electrons. The van der Waals surface area contributed by atoms with Gasteiger partial charge >= 0.3 is 0 Å². The van der Waals surface area contributed by atoms with Crippen LogP contribution in [0.2, 0.25) is 0 Å². The van der Waals surface area contributed by atoms with E-state index in [1.54, 1.807) is 0 Å². The molecule has 0 radical (unpaired) electrons. The fourth-order valence-electron chi connectivity index (χ4n) is 8.16. The summed E-state index contributed by atoms with van der Waals surface area (Å²) in [5.41, 5.74) is -4.55. The quantitative estimate of drug-likeness (QED) is 0.0278. The maximum Gasteiger partial charge on any atom is 0.278 e. The number of nitro benzene ring substituents is 7. The molecule has 0 bridgehead atoms. The van der Waals surface area contributed by atoms with Gasteiger partial charge in [-0.15, -0.1) is 0 Å². The van der Waals surface area contributed by atoms with E-state index in [4.69, 9.17) is 0 Å². The normalized spacial score (nSPS) is 11.4. The highest BCUT2D eigenvalue weighted by Gasteiger charge is 2.22. The van der Waals surface area contributed by atoms with E-state index >= 15 is 0 Å². The summed E-state index contributed by atoms with van der Waals surface area (Å²) in [5, 5.41) is 159. The van der Waals surface area contributed by atoms with Gasteiger partial charge < -0.3 is 20.4 Å². The number of aryl methyl sites for hydroxylation is 2. The Morgan fingerprint density at radius 3 is 0.824 bits per heavy atom. The van der Waals surface area contributed by atoms with E-state index in [0.29, 0.717) is 12.1 Å². The number of benzene rings is 8. The number of nitrogens with zero attached hydrogens (tertiary/aromatic N) is 15. The second-order valence-corrected chi connectivity index (χ2v) is 17.9. The van der Waals surface area contributed by atoms with Crippen molar-refractivity contribution >= 4 is 85.3 Å². The maximum absolute atomic E-state index is 12.0. The maximum atomic E-state index is 12.0. The Morgan fingerprint density at radius 2 is 0.518 bits per heavy atom. The average Bonchev–Trinajstić information content (AvgIpc) is 3.54. The van der Waals surface area contributed by atoms with Crippen molar-refractivity contribution in [3.63, 3.8) is 0 Å². The van der Waals surface area contributed by atoms with Gasteiger partial charge in [-0.1, -0.05) is 6.07 Å². The molecule has 0 aliphatic carbocycles. The molecule has 0 aliphatic rings. The molecule has 0 fully saturated rings. The molecule has 0 aromatic heterocycles. The average molecular weight is 1160 g/mol. The van der Waals surface area contributed by atoms with Crippen molar-refractivity contribution in [2.75, 3.05) is 0 Å². The van der Waals surface area contributed by atoms with Crippen molar-refractivity contribution in [1.82, 2.24) is 0 Å². The highest BCUT2D eigenvalue weighted by molar-refractivity contribution is 5.62. The van der Waals surface area contributed by atoms with Crippen molar-refractivity contribution in [1.29, 1.82) is 0 Å². The predicted molar refractivity (Wildman–Crippen MR) is 295 cm³/mol. The monoisotopic (exact) mass is 1160 g/mol. The van der Waals surface area contributed by atoms with Gasteiger partial charge in [-0.05, 0) is 90.7 Å². The molecule has 85 heavy (non-hydrogen) atoms. The third-order valence-corrected chi connectivity index (χ3v) is 12.1. The zero-order valence-corrected chi connectivity index (χ0v) is 42.8. The van der Waals surface area contributed by atoms with Gasteiger partial charge in [-0.25, -0.2) is 0 Å². The predicted octanol–water partition coefficient (Wildman–Crippen LogP) is 14.5. The van der Waals surface area contributed by atoms with Crippen molar-refractivity contribution in [3.05, 3.63) is 244 Å². The summed E-state index contributed by atoms with van der Waals surface area (Å²) in [5.74, 6) is -1.47. The molecule has 0 amide bonds. The van der Waals surface area contributed by atoms with Gasteiger partial charge in [0.15, 0.2) is 0 Å². The van der Waals surface area contributed by atoms with Crippen LogP contribution in [-0.2, 0) is 25.7 Å². The minimum Gasteiger partial charge on any atom is -0.508 e. The minimum atomic E-state index is -0.884. The second kappa shape index (κ2) is 25.1. The number of rotatable bonds is 22. The van der Waals surface area contributed by atoms with E-state index in [1.165, 1.54) is 84.9 Å². The molecule has 8 aromatic carbocycles. The van der Waals surface area contributed by atoms with Gasteiger partial charge in [0.1, 0.15) is 23.0 Å². The third-order valence-electron chi connectivity index (χ3n) is 12.1. The van der Waals surface area contributed by atoms with E-state index in [0.717, 1.165) is 42.5 Å². The molecule has 33 nitrogen and oxygen atoms in total. The molecular formula is C52H35N15O18. The van der Waals surface area contributed by atoms with Gasteiger partial charge in [0.25, 0.3) is 39.8 Å². The number of non-ortho nitro benzene ring substituents is 7. The summed E-state index contributed by atoms with van der Waals surface area (Å²) in [4.78, 5) is 75.1. The lowest BCUT2D eigenvalue weighted by Gasteiger charge is -2.15. The number of phenolic OH excluding ortho intramolecular Hbond substituents is 4. The summed E-state index contributed by atoms with van der Waals surface area (Å²) in [6.07, 6.45) is -1.01. The van der Waals surface area contributed by atoms with Crippen LogP contribution in [0.15, 0.2) is 180 Å². The van der Waals surface area contributed by atoms with Gasteiger partial charge in [-0.3, -0.25) is 70.8 Å². The molecule has 0 aliphatic heterocycles. The van der Waals surface area contributed by atoms with Crippen LogP contribution < -0.4 is 0 Å². The molecule has 8 rings (SSSR count). The van der Waals surface area contributed by atoms with E-state index in [1.807, 2.05) is 0 Å². The largest absolute Gasteiger partial charge is 0.508 e. The van der Waals surface area contributed by atoms with E-state index < -0.39 is 80.1 Å². The van der Waals surface area contributed by atoms with Gasteiger partial charge in [0, 0.05) is 83.6 Å². The Hall–Kier alpha value is -12.8. The number of aromatic hydroxyl groups is 4. The number of nitro groups is 7. The standard InChI is InChI=1S/C52H35N15O18/c68-49-8-6-35(54-53-34-2-1-3-42(18-34)61(72)73)14-30(49)10-32-16-37(56-59-40-21-45(64(78)79)26-46(22-40)65(80)81)12-28(51(32)70)4-5-29-13-38(57-60-41-23-47(66(82)83)27-48(24-41)67(84)85)17-33(52(29)71)11-31-15-36(7-9-50(31)69)55-58-39-19-43(62(74)75)25-44(20-39)63(76)77/h1-3,6-9,12-27,68-71H,4-5,10-11H2. The van der Waals surface area contributed by atoms with Crippen molar-refractivity contribution in [2.45, 2.75) is 25.7 Å². The minimum absolute atomic E-state index is 0.0155. The topological polar surface area (TPSA) is 482 Å². The van der Waals surface area contributed by atoms with Crippen LogP contribution in [0.5, 0.6) is 23.0 Å². The molecule has 0 unspecified atom stereocenters. The number of hydrogen-bond acceptors (Lipinski definition) is 26. The molecule has 4 N–H and O–H groups in total. The fourth-order valence-corrected chi connectivity index (χ4v) is 8.16. The van der Waals surface area contributed by atoms with Gasteiger partial charge in [-0.2, -0.15) is 40.9 Å². The fraction of sp³-hybridized carbons (Fsp3) is 0.0769. The van der Waals surface area contributed by atoms with Crippen LogP contribution in [0.3, 0.4) is 0 Å². The van der Waals surface area contributed by atoms with E-state index in [-0.39, 0.29) is 122 Å². The summed E-state index contributed by atoms with van der Waals surface area (Å²) in [6, 6.07) is 26.1. The lowest BCUT2D eigenvalue weighted by molar-refractivity contribution is -0.394. The van der Waals surface area contributed by atoms with E-state index in [2.05, 4.69) is 40.9 Å². The molecule has 0 heterocycles. The highest BCUT2D eigenvalue weighted by atomic mass is 16.7. The summed E-state index contributed by atoms with van der Waals surface area (Å²) >= 11 is 0. The number of phenols is 4. The molecule has 0 saturated heterocycles. The first-order valence-corrected chi connectivity index (χ1v) is 24.0. The lowest BCUT2D eigenvalue weighted by atomic mass is 9.94. The summed E-state index contributed by atoms with van der Waals surface area (Å²) < 4.78 is 0. The van der Waals surface area contributed by atoms with E-state index in [9.17, 15) is 91.2 Å². The Kier molecular flexibility index (Phi) is 17.2. The van der Waals surface area contributed by atoms with Gasteiger partial charge in [0.05, 0.1) is 98.2 Å². The zero-order valence-electron chi connectivity index (χ0n) is 42.8. The molecule has 0 atom stereocenters.